The summed E-state index contributed by atoms with van der Waals surface area (Å²) in [7, 11) is -4.58. The van der Waals surface area contributed by atoms with Crippen molar-refractivity contribution in [2.45, 2.75) is 55.9 Å². The molecule has 1 saturated heterocycles. The number of rotatable bonds is 13. The Balaban J connectivity index is 0.949. The third kappa shape index (κ3) is 9.13. The Bertz CT molecular complexity index is 2690. The molecule has 62 heavy (non-hydrogen) atoms. The SMILES string of the molecule is O=C(NS(=O)(=O)c1ccc(NC[C@@H]2COCCO2)c([N+](=O)[O-])c1)c1ccc(C2=CCN(CC3=C(c4ccc(Cl)cc4)CC4(CCC4)CC3)CC2)cc1Oc1cnc2[nH]ccc2c1. The number of carbonyl (C=O) groups is 1. The number of anilines is 1. The average molecular weight is 879 g/mol. The van der Waals surface area contributed by atoms with Gasteiger partial charge in [-0.2, -0.15) is 0 Å². The number of nitrogens with zero attached hydrogens (tertiary/aromatic N) is 3. The van der Waals surface area contributed by atoms with Gasteiger partial charge in [-0.25, -0.2) is 18.1 Å². The van der Waals surface area contributed by atoms with E-state index < -0.39 is 31.4 Å². The Kier molecular flexibility index (Phi) is 11.9. The predicted molar refractivity (Wildman–Crippen MR) is 237 cm³/mol. The molecule has 0 bridgehead atoms. The highest BCUT2D eigenvalue weighted by molar-refractivity contribution is 7.90. The van der Waals surface area contributed by atoms with Crippen molar-refractivity contribution in [1.29, 1.82) is 0 Å². The molecule has 2 fully saturated rings. The number of halogens is 1. The monoisotopic (exact) mass is 878 g/mol. The fraction of sp³-hybridized carbons (Fsp3) is 0.348. The van der Waals surface area contributed by atoms with Gasteiger partial charge in [0.1, 0.15) is 22.8 Å². The summed E-state index contributed by atoms with van der Waals surface area (Å²) in [6.45, 7) is 3.89. The third-order valence-electron chi connectivity index (χ3n) is 12.6. The van der Waals surface area contributed by atoms with Gasteiger partial charge in [-0.1, -0.05) is 47.9 Å². The Labute approximate surface area is 364 Å². The van der Waals surface area contributed by atoms with E-state index in [1.54, 1.807) is 30.5 Å². The molecular formula is C46H47ClN6O8S. The van der Waals surface area contributed by atoms with Gasteiger partial charge in [0.15, 0.2) is 0 Å². The van der Waals surface area contributed by atoms with Gasteiger partial charge in [0, 0.05) is 48.9 Å². The van der Waals surface area contributed by atoms with Crippen LogP contribution < -0.4 is 14.8 Å². The first kappa shape index (κ1) is 41.8. The van der Waals surface area contributed by atoms with Crippen LogP contribution in [0.3, 0.4) is 0 Å². The minimum atomic E-state index is -4.58. The zero-order valence-corrected chi connectivity index (χ0v) is 35.6. The van der Waals surface area contributed by atoms with Crippen molar-refractivity contribution in [3.05, 3.63) is 129 Å². The lowest BCUT2D eigenvalue weighted by molar-refractivity contribution is -0.384. The van der Waals surface area contributed by atoms with Gasteiger partial charge in [-0.3, -0.25) is 19.8 Å². The molecule has 16 heteroatoms. The van der Waals surface area contributed by atoms with E-state index in [0.717, 1.165) is 66.5 Å². The highest BCUT2D eigenvalue weighted by Crippen LogP contribution is 2.55. The molecule has 1 amide bonds. The first-order chi connectivity index (χ1) is 30.0. The number of H-pyrrole nitrogens is 1. The zero-order valence-electron chi connectivity index (χ0n) is 34.0. The van der Waals surface area contributed by atoms with Crippen LogP contribution in [0.25, 0.3) is 22.2 Å². The number of nitro benzene ring substituents is 1. The molecule has 1 saturated carbocycles. The highest BCUT2D eigenvalue weighted by Gasteiger charge is 2.41. The number of nitro groups is 1. The second-order valence-electron chi connectivity index (χ2n) is 16.6. The lowest BCUT2D eigenvalue weighted by atomic mass is 9.59. The summed E-state index contributed by atoms with van der Waals surface area (Å²) in [6, 6.07) is 20.4. The molecule has 3 N–H and O–H groups in total. The number of aromatic nitrogens is 2. The second kappa shape index (κ2) is 17.7. The molecular weight excluding hydrogens is 832 g/mol. The van der Waals surface area contributed by atoms with Crippen molar-refractivity contribution in [3.63, 3.8) is 0 Å². The summed E-state index contributed by atoms with van der Waals surface area (Å²) in [5, 5.41) is 16.5. The van der Waals surface area contributed by atoms with Crippen LogP contribution in [0.5, 0.6) is 11.5 Å². The number of hydrogen-bond donors (Lipinski definition) is 3. The van der Waals surface area contributed by atoms with E-state index in [9.17, 15) is 23.3 Å². The molecule has 2 aliphatic carbocycles. The lowest BCUT2D eigenvalue weighted by Gasteiger charge is -2.47. The predicted octanol–water partition coefficient (Wildman–Crippen LogP) is 8.76. The number of amides is 1. The van der Waals surface area contributed by atoms with E-state index >= 15 is 0 Å². The summed E-state index contributed by atoms with van der Waals surface area (Å²) in [5.74, 6) is -0.495. The summed E-state index contributed by atoms with van der Waals surface area (Å²) in [5.41, 5.74) is 6.83. The number of benzene rings is 3. The maximum Gasteiger partial charge on any atom is 0.293 e. The number of aromatic amines is 1. The molecule has 4 heterocycles. The average Bonchev–Trinajstić information content (AvgIpc) is 3.74. The fourth-order valence-electron chi connectivity index (χ4n) is 8.97. The Morgan fingerprint density at radius 2 is 1.87 bits per heavy atom. The Hall–Kier alpha value is -5.58. The first-order valence-corrected chi connectivity index (χ1v) is 22.8. The summed E-state index contributed by atoms with van der Waals surface area (Å²) in [4.78, 5) is 34.8. The van der Waals surface area contributed by atoms with E-state index in [4.69, 9.17) is 25.8 Å². The van der Waals surface area contributed by atoms with Gasteiger partial charge < -0.3 is 24.5 Å². The van der Waals surface area contributed by atoms with Gasteiger partial charge in [0.05, 0.1) is 47.5 Å². The summed E-state index contributed by atoms with van der Waals surface area (Å²) < 4.78 is 46.7. The van der Waals surface area contributed by atoms with Gasteiger partial charge in [-0.05, 0) is 115 Å². The number of nitrogens with one attached hydrogen (secondary N) is 3. The molecule has 1 spiro atoms. The van der Waals surface area contributed by atoms with Crippen LogP contribution in [-0.2, 0) is 19.5 Å². The minimum Gasteiger partial charge on any atom is -0.455 e. The maximum absolute atomic E-state index is 13.9. The van der Waals surface area contributed by atoms with Crippen LogP contribution in [0.1, 0.15) is 66.4 Å². The molecule has 5 aromatic rings. The summed E-state index contributed by atoms with van der Waals surface area (Å²) in [6.07, 6.45) is 13.3. The first-order valence-electron chi connectivity index (χ1n) is 20.9. The number of allylic oxidation sites excluding steroid dienone is 1. The largest absolute Gasteiger partial charge is 0.455 e. The van der Waals surface area contributed by atoms with Crippen LogP contribution in [0.4, 0.5) is 11.4 Å². The van der Waals surface area contributed by atoms with Crippen molar-refractivity contribution in [3.8, 4) is 11.5 Å². The quantitative estimate of drug-likeness (QED) is 0.0761. The van der Waals surface area contributed by atoms with Crippen molar-refractivity contribution >= 4 is 61.1 Å². The molecule has 14 nitrogen and oxygen atoms in total. The van der Waals surface area contributed by atoms with Crippen molar-refractivity contribution in [2.24, 2.45) is 5.41 Å². The topological polar surface area (TPSA) is 178 Å². The Morgan fingerprint density at radius 3 is 2.61 bits per heavy atom. The lowest BCUT2D eigenvalue weighted by Crippen LogP contribution is -2.36. The van der Waals surface area contributed by atoms with Crippen LogP contribution in [0.2, 0.25) is 5.02 Å². The number of hydrogen-bond acceptors (Lipinski definition) is 11. The zero-order chi connectivity index (χ0) is 42.8. The van der Waals surface area contributed by atoms with Crippen LogP contribution >= 0.6 is 11.6 Å². The number of pyridine rings is 1. The number of ether oxygens (including phenoxy) is 3. The molecule has 0 unspecified atom stereocenters. The van der Waals surface area contributed by atoms with Gasteiger partial charge in [0.2, 0.25) is 0 Å². The molecule has 9 rings (SSSR count). The highest BCUT2D eigenvalue weighted by atomic mass is 35.5. The maximum atomic E-state index is 13.9. The smallest absolute Gasteiger partial charge is 0.293 e. The normalized spacial score (nSPS) is 19.2. The second-order valence-corrected chi connectivity index (χ2v) is 18.7. The van der Waals surface area contributed by atoms with E-state index in [0.29, 0.717) is 36.6 Å². The van der Waals surface area contributed by atoms with Crippen LogP contribution in [0, 0.1) is 15.5 Å². The molecule has 2 aromatic heterocycles. The standard InChI is InChI=1S/C46H47ClN6O8S/c47-35-5-2-31(3-6-35)40-25-46(14-1-15-46)16-10-34(40)28-52-18-12-30(13-19-52)32-4-8-39(43(23-32)61-36-22-33-11-17-48-44(33)50-26-36)45(54)51-62(57,58)38-7-9-41(42(24-38)53(55)56)49-27-37-29-59-20-21-60-37/h2-9,11-12,17,22-24,26,37,49H,1,10,13-16,18-21,25,27-29H2,(H,48,50)(H,51,54)/t37-/m1/s1. The molecule has 4 aliphatic rings. The molecule has 2 aliphatic heterocycles. The fourth-order valence-corrected chi connectivity index (χ4v) is 10.1. The molecule has 322 valence electrons. The van der Waals surface area contributed by atoms with Crippen molar-refractivity contribution < 1.29 is 32.3 Å². The molecule has 1 atom stereocenters. The Morgan fingerprint density at radius 1 is 1.03 bits per heavy atom. The van der Waals surface area contributed by atoms with E-state index in [1.165, 1.54) is 60.7 Å². The summed E-state index contributed by atoms with van der Waals surface area (Å²) >= 11 is 6.27. The van der Waals surface area contributed by atoms with Gasteiger partial charge in [0.25, 0.3) is 21.6 Å². The van der Waals surface area contributed by atoms with E-state index in [2.05, 4.69) is 43.1 Å². The number of carbonyl (C=O) groups excluding carboxylic acids is 1. The third-order valence-corrected chi connectivity index (χ3v) is 14.1. The van der Waals surface area contributed by atoms with Gasteiger partial charge >= 0.3 is 0 Å². The number of fused-ring (bicyclic) bond motifs is 1. The molecule has 3 aromatic carbocycles. The van der Waals surface area contributed by atoms with Crippen molar-refractivity contribution in [1.82, 2.24) is 19.6 Å². The van der Waals surface area contributed by atoms with E-state index in [1.807, 2.05) is 18.2 Å². The van der Waals surface area contributed by atoms with Gasteiger partial charge in [-0.15, -0.1) is 0 Å². The van der Waals surface area contributed by atoms with Crippen LogP contribution in [-0.4, -0.2) is 86.2 Å². The van der Waals surface area contributed by atoms with Crippen molar-refractivity contribution in [2.75, 3.05) is 51.3 Å². The molecule has 0 radical (unpaired) electrons. The van der Waals surface area contributed by atoms with E-state index in [-0.39, 0.29) is 29.6 Å². The van der Waals surface area contributed by atoms with Crippen LogP contribution in [0.15, 0.2) is 102 Å². The number of sulfonamides is 1. The minimum absolute atomic E-state index is 0.0461.